The van der Waals surface area contributed by atoms with Crippen molar-refractivity contribution >= 4 is 23.5 Å². The molecule has 0 radical (unpaired) electrons. The summed E-state index contributed by atoms with van der Waals surface area (Å²) in [5, 5.41) is 2.89. The number of carbonyl (C=O) groups is 3. The third kappa shape index (κ3) is 4.55. The zero-order valence-electron chi connectivity index (χ0n) is 18.8. The maximum Gasteiger partial charge on any atom is 0.325 e. The van der Waals surface area contributed by atoms with Gasteiger partial charge in [0.2, 0.25) is 5.91 Å². The minimum Gasteiger partial charge on any atom is -0.368 e. The highest BCUT2D eigenvalue weighted by Crippen LogP contribution is 2.34. The summed E-state index contributed by atoms with van der Waals surface area (Å²) in [6.45, 7) is 3.90. The summed E-state index contributed by atoms with van der Waals surface area (Å²) in [6, 6.07) is 15.0. The van der Waals surface area contributed by atoms with E-state index in [1.54, 1.807) is 17.0 Å². The van der Waals surface area contributed by atoms with Crippen molar-refractivity contribution in [2.24, 2.45) is 0 Å². The molecule has 0 aliphatic carbocycles. The second-order valence-corrected chi connectivity index (χ2v) is 8.54. The van der Waals surface area contributed by atoms with Crippen molar-refractivity contribution in [2.75, 3.05) is 37.6 Å². The Bertz CT molecular complexity index is 1010. The van der Waals surface area contributed by atoms with E-state index in [2.05, 4.69) is 10.2 Å². The fourth-order valence-electron chi connectivity index (χ4n) is 4.54. The van der Waals surface area contributed by atoms with Crippen LogP contribution in [0.4, 0.5) is 14.9 Å². The summed E-state index contributed by atoms with van der Waals surface area (Å²) in [4.78, 5) is 44.1. The molecule has 4 amide bonds. The van der Waals surface area contributed by atoms with Crippen LogP contribution in [0.25, 0.3) is 0 Å². The number of carbonyl (C=O) groups excluding carboxylic acids is 3. The fourth-order valence-corrected chi connectivity index (χ4v) is 4.54. The Morgan fingerprint density at radius 2 is 1.67 bits per heavy atom. The Kier molecular flexibility index (Phi) is 6.62. The highest BCUT2D eigenvalue weighted by atomic mass is 19.1. The molecule has 7 nitrogen and oxygen atoms in total. The van der Waals surface area contributed by atoms with Crippen LogP contribution >= 0.6 is 0 Å². The van der Waals surface area contributed by atoms with Gasteiger partial charge in [-0.25, -0.2) is 9.18 Å². The first-order valence-electron chi connectivity index (χ1n) is 11.4. The van der Waals surface area contributed by atoms with Crippen molar-refractivity contribution in [1.82, 2.24) is 15.1 Å². The van der Waals surface area contributed by atoms with E-state index in [1.807, 2.05) is 37.3 Å². The van der Waals surface area contributed by atoms with E-state index in [4.69, 9.17) is 0 Å². The van der Waals surface area contributed by atoms with Gasteiger partial charge in [-0.2, -0.15) is 0 Å². The average molecular weight is 453 g/mol. The maximum absolute atomic E-state index is 13.5. The first-order chi connectivity index (χ1) is 15.9. The molecule has 1 atom stereocenters. The maximum atomic E-state index is 13.5. The van der Waals surface area contributed by atoms with Crippen molar-refractivity contribution in [3.8, 4) is 0 Å². The van der Waals surface area contributed by atoms with Gasteiger partial charge >= 0.3 is 6.03 Å². The molecule has 4 rings (SSSR count). The third-order valence-electron chi connectivity index (χ3n) is 6.47. The molecular formula is C25H29FN4O3. The molecule has 0 spiro atoms. The second kappa shape index (κ2) is 9.60. The first kappa shape index (κ1) is 22.8. The highest BCUT2D eigenvalue weighted by molar-refractivity contribution is 6.09. The molecule has 0 saturated carbocycles. The SMILES string of the molecule is CCCCC1(c2ccccc2)NC(=O)N(CC(=O)N2CCN(c3ccc(F)cc3)CC2)C1=O. The van der Waals surface area contributed by atoms with Crippen LogP contribution in [0.2, 0.25) is 0 Å². The number of unbranched alkanes of at least 4 members (excludes halogenated alkanes) is 1. The van der Waals surface area contributed by atoms with Gasteiger partial charge in [0.05, 0.1) is 0 Å². The van der Waals surface area contributed by atoms with Crippen molar-refractivity contribution < 1.29 is 18.8 Å². The molecule has 2 aromatic carbocycles. The van der Waals surface area contributed by atoms with Crippen molar-refractivity contribution in [3.63, 3.8) is 0 Å². The van der Waals surface area contributed by atoms with E-state index >= 15 is 0 Å². The summed E-state index contributed by atoms with van der Waals surface area (Å²) in [5.41, 5.74) is 0.511. The van der Waals surface area contributed by atoms with Crippen molar-refractivity contribution in [2.45, 2.75) is 31.7 Å². The second-order valence-electron chi connectivity index (χ2n) is 8.54. The molecule has 1 N–H and O–H groups in total. The number of halogens is 1. The van der Waals surface area contributed by atoms with Crippen molar-refractivity contribution in [3.05, 3.63) is 66.0 Å². The number of hydrogen-bond donors (Lipinski definition) is 1. The number of amides is 4. The topological polar surface area (TPSA) is 73.0 Å². The van der Waals surface area contributed by atoms with E-state index in [9.17, 15) is 18.8 Å². The molecule has 2 heterocycles. The fraction of sp³-hybridized carbons (Fsp3) is 0.400. The molecule has 2 aliphatic rings. The predicted octanol–water partition coefficient (Wildman–Crippen LogP) is 3.11. The molecule has 2 saturated heterocycles. The number of nitrogens with zero attached hydrogens (tertiary/aromatic N) is 3. The molecule has 0 aromatic heterocycles. The first-order valence-corrected chi connectivity index (χ1v) is 11.4. The third-order valence-corrected chi connectivity index (χ3v) is 6.47. The standard InChI is InChI=1S/C25H29FN4O3/c1-2-3-13-25(19-7-5-4-6-8-19)23(32)30(24(33)27-25)18-22(31)29-16-14-28(15-17-29)21-11-9-20(26)10-12-21/h4-12H,2-3,13-18H2,1H3,(H,27,33). The molecule has 1 unspecified atom stereocenters. The van der Waals surface area contributed by atoms with E-state index in [-0.39, 0.29) is 24.2 Å². The minimum absolute atomic E-state index is 0.253. The zero-order chi connectivity index (χ0) is 23.4. The Hall–Kier alpha value is -3.42. The van der Waals surface area contributed by atoms with Crippen LogP contribution in [0, 0.1) is 5.82 Å². The van der Waals surface area contributed by atoms with Gasteiger partial charge in [-0.15, -0.1) is 0 Å². The largest absolute Gasteiger partial charge is 0.368 e. The van der Waals surface area contributed by atoms with Gasteiger partial charge in [-0.1, -0.05) is 50.1 Å². The van der Waals surface area contributed by atoms with E-state index < -0.39 is 11.6 Å². The summed E-state index contributed by atoms with van der Waals surface area (Å²) < 4.78 is 13.2. The highest BCUT2D eigenvalue weighted by Gasteiger charge is 2.52. The Labute approximate surface area is 193 Å². The Morgan fingerprint density at radius 1 is 1.00 bits per heavy atom. The van der Waals surface area contributed by atoms with E-state index in [0.717, 1.165) is 29.0 Å². The lowest BCUT2D eigenvalue weighted by molar-refractivity contribution is -0.139. The number of nitrogens with one attached hydrogen (secondary N) is 1. The number of urea groups is 1. The van der Waals surface area contributed by atoms with E-state index in [0.29, 0.717) is 32.6 Å². The number of rotatable bonds is 7. The van der Waals surface area contributed by atoms with Crippen LogP contribution in [0.5, 0.6) is 0 Å². The van der Waals surface area contributed by atoms with Crippen molar-refractivity contribution in [1.29, 1.82) is 0 Å². The van der Waals surface area contributed by atoms with Gasteiger partial charge < -0.3 is 15.1 Å². The van der Waals surface area contributed by atoms with Crippen LogP contribution in [-0.2, 0) is 15.1 Å². The molecular weight excluding hydrogens is 423 g/mol. The molecule has 2 fully saturated rings. The van der Waals surface area contributed by atoms with Gasteiger partial charge in [0.25, 0.3) is 5.91 Å². The monoisotopic (exact) mass is 452 g/mol. The Morgan fingerprint density at radius 3 is 2.30 bits per heavy atom. The van der Waals surface area contributed by atoms with E-state index in [1.165, 1.54) is 12.1 Å². The molecule has 0 bridgehead atoms. The van der Waals surface area contributed by atoms with Gasteiger partial charge in [0.1, 0.15) is 17.9 Å². The zero-order valence-corrected chi connectivity index (χ0v) is 18.8. The lowest BCUT2D eigenvalue weighted by atomic mass is 9.85. The molecule has 174 valence electrons. The van der Waals surface area contributed by atoms with Crippen LogP contribution in [0.3, 0.4) is 0 Å². The quantitative estimate of drug-likeness (QED) is 0.656. The van der Waals surface area contributed by atoms with Crippen LogP contribution in [-0.4, -0.2) is 60.4 Å². The van der Waals surface area contributed by atoms with Crippen LogP contribution in [0.15, 0.2) is 54.6 Å². The summed E-state index contributed by atoms with van der Waals surface area (Å²) in [5.74, 6) is -0.909. The number of anilines is 1. The normalized spacial score (nSPS) is 20.8. The lowest BCUT2D eigenvalue weighted by Gasteiger charge is -2.36. The molecule has 33 heavy (non-hydrogen) atoms. The summed E-state index contributed by atoms with van der Waals surface area (Å²) in [7, 11) is 0. The summed E-state index contributed by atoms with van der Waals surface area (Å²) >= 11 is 0. The Balaban J connectivity index is 1.42. The van der Waals surface area contributed by atoms with Gasteiger partial charge in [0, 0.05) is 31.9 Å². The van der Waals surface area contributed by atoms with Gasteiger partial charge in [-0.3, -0.25) is 14.5 Å². The van der Waals surface area contributed by atoms with Gasteiger partial charge in [-0.05, 0) is 36.2 Å². The van der Waals surface area contributed by atoms with Crippen LogP contribution in [0.1, 0.15) is 31.7 Å². The minimum atomic E-state index is -1.13. The predicted molar refractivity (Wildman–Crippen MR) is 123 cm³/mol. The number of imide groups is 1. The molecule has 2 aromatic rings. The number of piperazine rings is 1. The van der Waals surface area contributed by atoms with Gasteiger partial charge in [0.15, 0.2) is 0 Å². The molecule has 2 aliphatic heterocycles. The van der Waals surface area contributed by atoms with Crippen LogP contribution < -0.4 is 10.2 Å². The smallest absolute Gasteiger partial charge is 0.325 e. The molecule has 8 heteroatoms. The lowest BCUT2D eigenvalue weighted by Crippen LogP contribution is -2.52. The number of benzene rings is 2. The summed E-state index contributed by atoms with van der Waals surface area (Å²) in [6.07, 6.45) is 2.14. The average Bonchev–Trinajstić information content (AvgIpc) is 3.09. The number of hydrogen-bond acceptors (Lipinski definition) is 4.